The predicted molar refractivity (Wildman–Crippen MR) is 107 cm³/mol. The molecular formula is C19H25N5O7. The van der Waals surface area contributed by atoms with Gasteiger partial charge in [0.15, 0.2) is 6.10 Å². The van der Waals surface area contributed by atoms with Crippen molar-refractivity contribution in [3.8, 4) is 11.5 Å². The number of methoxy groups -OCH3 is 1. The number of ether oxygens (including phenoxy) is 4. The van der Waals surface area contributed by atoms with E-state index in [1.807, 2.05) is 0 Å². The van der Waals surface area contributed by atoms with Crippen molar-refractivity contribution < 1.29 is 33.3 Å². The number of hydrogen-bond acceptors (Lipinski definition) is 8. The lowest BCUT2D eigenvalue weighted by Crippen LogP contribution is -2.70. The Kier molecular flexibility index (Phi) is 8.47. The summed E-state index contributed by atoms with van der Waals surface area (Å²) in [4.78, 5) is 38.2. The van der Waals surface area contributed by atoms with E-state index in [0.717, 1.165) is 0 Å². The summed E-state index contributed by atoms with van der Waals surface area (Å²) in [6.45, 7) is 3.60. The molecule has 1 heterocycles. The Balaban J connectivity index is 2.43. The standard InChI is InChI=1S/C19H25N5O7/c1-10(25)22-16-15(9-21-24-20)31-19(30-14-7-5-13(28-4)6-8-14)17(23-11(2)26)18(16)29-12(3)27/h5-8,15-19H,9H2,1-4H3,(H,22,25)(H,23,26)/t15-,16-,17+,18+,19-/m1/s1. The van der Waals surface area contributed by atoms with E-state index >= 15 is 0 Å². The average molecular weight is 435 g/mol. The van der Waals surface area contributed by atoms with Crippen LogP contribution in [0.1, 0.15) is 20.8 Å². The third-order valence-corrected chi connectivity index (χ3v) is 4.39. The van der Waals surface area contributed by atoms with Crippen LogP contribution in [-0.2, 0) is 23.9 Å². The molecular weight excluding hydrogens is 410 g/mol. The highest BCUT2D eigenvalue weighted by atomic mass is 16.7. The number of hydrogen-bond donors (Lipinski definition) is 2. The molecule has 0 radical (unpaired) electrons. The number of esters is 1. The van der Waals surface area contributed by atoms with Crippen LogP contribution >= 0.6 is 0 Å². The summed E-state index contributed by atoms with van der Waals surface area (Å²) in [5.41, 5.74) is 8.73. The molecule has 1 fully saturated rings. The summed E-state index contributed by atoms with van der Waals surface area (Å²) in [5.74, 6) is -0.483. The summed E-state index contributed by atoms with van der Waals surface area (Å²) in [7, 11) is 1.53. The van der Waals surface area contributed by atoms with Gasteiger partial charge >= 0.3 is 5.97 Å². The van der Waals surface area contributed by atoms with Gasteiger partial charge in [-0.25, -0.2) is 0 Å². The Labute approximate surface area is 178 Å². The van der Waals surface area contributed by atoms with Crippen LogP contribution in [0.2, 0.25) is 0 Å². The van der Waals surface area contributed by atoms with E-state index in [1.54, 1.807) is 24.3 Å². The van der Waals surface area contributed by atoms with Crippen molar-refractivity contribution in [2.75, 3.05) is 13.7 Å². The molecule has 1 aromatic rings. The molecule has 168 valence electrons. The lowest BCUT2D eigenvalue weighted by molar-refractivity contribution is -0.214. The first kappa shape index (κ1) is 23.8. The second kappa shape index (κ2) is 11.0. The summed E-state index contributed by atoms with van der Waals surface area (Å²) in [6, 6.07) is 4.74. The highest BCUT2D eigenvalue weighted by Gasteiger charge is 2.49. The van der Waals surface area contributed by atoms with E-state index in [1.165, 1.54) is 27.9 Å². The van der Waals surface area contributed by atoms with Gasteiger partial charge in [0.25, 0.3) is 0 Å². The molecule has 0 spiro atoms. The molecule has 1 aromatic carbocycles. The Morgan fingerprint density at radius 1 is 1.06 bits per heavy atom. The van der Waals surface area contributed by atoms with Crippen LogP contribution in [0.25, 0.3) is 10.4 Å². The smallest absolute Gasteiger partial charge is 0.303 e. The summed E-state index contributed by atoms with van der Waals surface area (Å²) >= 11 is 0. The molecule has 31 heavy (non-hydrogen) atoms. The van der Waals surface area contributed by atoms with Crippen molar-refractivity contribution in [3.05, 3.63) is 34.7 Å². The average Bonchev–Trinajstić information content (AvgIpc) is 2.70. The molecule has 2 amide bonds. The van der Waals surface area contributed by atoms with Crippen molar-refractivity contribution in [1.29, 1.82) is 0 Å². The number of carbonyl (C=O) groups excluding carboxylic acids is 3. The lowest BCUT2D eigenvalue weighted by Gasteiger charge is -2.45. The normalized spacial score (nSPS) is 24.8. The van der Waals surface area contributed by atoms with E-state index < -0.39 is 48.4 Å². The number of nitrogens with zero attached hydrogens (tertiary/aromatic N) is 3. The predicted octanol–water partition coefficient (Wildman–Crippen LogP) is 1.05. The molecule has 12 heteroatoms. The molecule has 1 aliphatic rings. The lowest BCUT2D eigenvalue weighted by atomic mass is 9.93. The van der Waals surface area contributed by atoms with E-state index in [4.69, 9.17) is 24.5 Å². The van der Waals surface area contributed by atoms with Gasteiger partial charge in [0, 0.05) is 25.7 Å². The van der Waals surface area contributed by atoms with Gasteiger partial charge in [-0.05, 0) is 29.8 Å². The van der Waals surface area contributed by atoms with Gasteiger partial charge in [0.05, 0.1) is 25.8 Å². The Morgan fingerprint density at radius 2 is 1.65 bits per heavy atom. The van der Waals surface area contributed by atoms with Crippen LogP contribution in [0.4, 0.5) is 0 Å². The van der Waals surface area contributed by atoms with E-state index in [2.05, 4.69) is 20.7 Å². The number of amides is 2. The fourth-order valence-corrected chi connectivity index (χ4v) is 3.23. The van der Waals surface area contributed by atoms with E-state index in [0.29, 0.717) is 11.5 Å². The first-order chi connectivity index (χ1) is 14.7. The van der Waals surface area contributed by atoms with Crippen LogP contribution < -0.4 is 20.1 Å². The van der Waals surface area contributed by atoms with Crippen LogP contribution in [-0.4, -0.2) is 62.0 Å². The SMILES string of the molecule is COc1ccc(O[C@@H]2O[C@H](CN=[N+]=[N-])[C@@H](NC(C)=O)[C@H](OC(C)=O)[C@@H]2NC(C)=O)cc1. The third-order valence-electron chi connectivity index (χ3n) is 4.39. The maximum absolute atomic E-state index is 11.9. The van der Waals surface area contributed by atoms with Crippen LogP contribution in [0, 0.1) is 0 Å². The van der Waals surface area contributed by atoms with E-state index in [-0.39, 0.29) is 6.54 Å². The number of rotatable bonds is 8. The van der Waals surface area contributed by atoms with Crippen molar-refractivity contribution in [1.82, 2.24) is 10.6 Å². The molecule has 1 saturated heterocycles. The Hall–Kier alpha value is -3.50. The van der Waals surface area contributed by atoms with Crippen LogP contribution in [0.5, 0.6) is 11.5 Å². The minimum Gasteiger partial charge on any atom is -0.497 e. The zero-order chi connectivity index (χ0) is 23.0. The number of benzene rings is 1. The van der Waals surface area contributed by atoms with Gasteiger partial charge in [-0.1, -0.05) is 5.11 Å². The molecule has 0 saturated carbocycles. The summed E-state index contributed by atoms with van der Waals surface area (Å²) in [5, 5.41) is 8.84. The van der Waals surface area contributed by atoms with Crippen molar-refractivity contribution in [2.45, 2.75) is 51.4 Å². The monoisotopic (exact) mass is 435 g/mol. The van der Waals surface area contributed by atoms with Crippen molar-refractivity contribution in [2.24, 2.45) is 5.11 Å². The van der Waals surface area contributed by atoms with Crippen LogP contribution in [0.15, 0.2) is 29.4 Å². The highest BCUT2D eigenvalue weighted by Crippen LogP contribution is 2.28. The van der Waals surface area contributed by atoms with Gasteiger partial charge in [-0.2, -0.15) is 0 Å². The molecule has 12 nitrogen and oxygen atoms in total. The molecule has 0 unspecified atom stereocenters. The zero-order valence-corrected chi connectivity index (χ0v) is 17.6. The minimum atomic E-state index is -1.12. The maximum Gasteiger partial charge on any atom is 0.303 e. The second-order valence-corrected chi connectivity index (χ2v) is 6.78. The Bertz CT molecular complexity index is 841. The largest absolute Gasteiger partial charge is 0.497 e. The number of carbonyl (C=O) groups is 3. The van der Waals surface area contributed by atoms with E-state index in [9.17, 15) is 14.4 Å². The molecule has 2 N–H and O–H groups in total. The van der Waals surface area contributed by atoms with Crippen molar-refractivity contribution >= 4 is 17.8 Å². The molecule has 1 aliphatic heterocycles. The van der Waals surface area contributed by atoms with Gasteiger partial charge in [-0.15, -0.1) is 0 Å². The van der Waals surface area contributed by atoms with Gasteiger partial charge in [0.1, 0.15) is 17.5 Å². The first-order valence-electron chi connectivity index (χ1n) is 9.43. The molecule has 5 atom stereocenters. The fourth-order valence-electron chi connectivity index (χ4n) is 3.23. The topological polar surface area (TPSA) is 161 Å². The third kappa shape index (κ3) is 6.76. The maximum atomic E-state index is 11.9. The first-order valence-corrected chi connectivity index (χ1v) is 9.43. The minimum absolute atomic E-state index is 0.172. The zero-order valence-electron chi connectivity index (χ0n) is 17.6. The highest BCUT2D eigenvalue weighted by molar-refractivity contribution is 5.75. The fraction of sp³-hybridized carbons (Fsp3) is 0.526. The quantitative estimate of drug-likeness (QED) is 0.267. The summed E-state index contributed by atoms with van der Waals surface area (Å²) in [6.07, 6.45) is -3.07. The molecule has 0 bridgehead atoms. The van der Waals surface area contributed by atoms with Crippen LogP contribution in [0.3, 0.4) is 0 Å². The van der Waals surface area contributed by atoms with Crippen molar-refractivity contribution in [3.63, 3.8) is 0 Å². The van der Waals surface area contributed by atoms with Gasteiger partial charge in [0.2, 0.25) is 18.1 Å². The number of nitrogens with one attached hydrogen (secondary N) is 2. The van der Waals surface area contributed by atoms with Gasteiger partial charge in [-0.3, -0.25) is 14.4 Å². The Morgan fingerprint density at radius 3 is 2.16 bits per heavy atom. The molecule has 2 rings (SSSR count). The summed E-state index contributed by atoms with van der Waals surface area (Å²) < 4.78 is 22.4. The second-order valence-electron chi connectivity index (χ2n) is 6.78. The molecule has 0 aromatic heterocycles. The molecule has 0 aliphatic carbocycles. The van der Waals surface area contributed by atoms with Gasteiger partial charge < -0.3 is 29.6 Å². The number of azide groups is 1.